The number of aromatic nitrogens is 4. The van der Waals surface area contributed by atoms with Crippen LogP contribution in [0.4, 0.5) is 5.95 Å². The number of nitrogens with zero attached hydrogens (tertiary/aromatic N) is 5. The Morgan fingerprint density at radius 1 is 1.29 bits per heavy atom. The quantitative estimate of drug-likeness (QED) is 0.557. The van der Waals surface area contributed by atoms with Gasteiger partial charge < -0.3 is 4.90 Å². The van der Waals surface area contributed by atoms with Crippen molar-refractivity contribution in [3.05, 3.63) is 47.1 Å². The van der Waals surface area contributed by atoms with Crippen molar-refractivity contribution in [2.24, 2.45) is 23.5 Å². The number of anilines is 1. The average Bonchev–Trinajstić information content (AvgIpc) is 3.45. The van der Waals surface area contributed by atoms with Gasteiger partial charge in [-0.3, -0.25) is 14.5 Å². The summed E-state index contributed by atoms with van der Waals surface area (Å²) in [4.78, 5) is 21.7. The molecule has 0 radical (unpaired) electrons. The van der Waals surface area contributed by atoms with Crippen molar-refractivity contribution in [2.45, 2.75) is 60.5 Å². The lowest BCUT2D eigenvalue weighted by Crippen LogP contribution is -2.44. The SMILES string of the molecule is CC(C[C@H]1CCCC12CCN(c1ncc(Sc3ccn4nccc4c3)c(=O)n1C)CC2)S(N)=O. The molecular weight excluding hydrogens is 468 g/mol. The highest BCUT2D eigenvalue weighted by molar-refractivity contribution is 7.99. The molecule has 2 unspecified atom stereocenters. The largest absolute Gasteiger partial charge is 0.342 e. The number of hydrogen-bond acceptors (Lipinski definition) is 6. The van der Waals surface area contributed by atoms with Gasteiger partial charge in [0.25, 0.3) is 5.56 Å². The number of rotatable bonds is 6. The van der Waals surface area contributed by atoms with Gasteiger partial charge in [0.2, 0.25) is 5.95 Å². The van der Waals surface area contributed by atoms with Crippen LogP contribution in [-0.4, -0.2) is 41.7 Å². The Balaban J connectivity index is 1.29. The van der Waals surface area contributed by atoms with E-state index in [1.54, 1.807) is 21.5 Å². The van der Waals surface area contributed by atoms with Gasteiger partial charge in [-0.2, -0.15) is 5.10 Å². The summed E-state index contributed by atoms with van der Waals surface area (Å²) in [6.07, 6.45) is 12.2. The predicted octanol–water partition coefficient (Wildman–Crippen LogP) is 3.37. The first-order chi connectivity index (χ1) is 16.4. The Kier molecular flexibility index (Phi) is 6.56. The highest BCUT2D eigenvalue weighted by atomic mass is 32.2. The molecule has 1 saturated carbocycles. The molecular formula is C24H32N6O2S2. The van der Waals surface area contributed by atoms with Crippen molar-refractivity contribution >= 4 is 34.2 Å². The highest BCUT2D eigenvalue weighted by Gasteiger charge is 2.45. The Bertz CT molecular complexity index is 1260. The average molecular weight is 501 g/mol. The summed E-state index contributed by atoms with van der Waals surface area (Å²) in [6.45, 7) is 3.78. The van der Waals surface area contributed by atoms with Crippen LogP contribution < -0.4 is 15.6 Å². The summed E-state index contributed by atoms with van der Waals surface area (Å²) in [5, 5.41) is 9.92. The van der Waals surface area contributed by atoms with E-state index in [1.165, 1.54) is 31.0 Å². The number of fused-ring (bicyclic) bond motifs is 1. The van der Waals surface area contributed by atoms with Crippen LogP contribution in [0.5, 0.6) is 0 Å². The molecule has 8 nitrogen and oxygen atoms in total. The van der Waals surface area contributed by atoms with Gasteiger partial charge in [0, 0.05) is 42.7 Å². The third-order valence-corrected chi connectivity index (χ3v) is 9.84. The lowest BCUT2D eigenvalue weighted by atomic mass is 9.69. The van der Waals surface area contributed by atoms with Crippen LogP contribution in [0.25, 0.3) is 5.52 Å². The van der Waals surface area contributed by atoms with Gasteiger partial charge in [0.1, 0.15) is 0 Å². The van der Waals surface area contributed by atoms with Gasteiger partial charge in [-0.05, 0) is 68.6 Å². The van der Waals surface area contributed by atoms with Gasteiger partial charge in [-0.1, -0.05) is 18.2 Å². The first-order valence-electron chi connectivity index (χ1n) is 11.9. The fourth-order valence-corrected chi connectivity index (χ4v) is 7.17. The second-order valence-electron chi connectivity index (χ2n) is 9.77. The minimum atomic E-state index is -1.26. The van der Waals surface area contributed by atoms with E-state index in [4.69, 9.17) is 10.1 Å². The van der Waals surface area contributed by atoms with Crippen molar-refractivity contribution in [1.29, 1.82) is 0 Å². The van der Waals surface area contributed by atoms with Crippen molar-refractivity contribution < 1.29 is 4.21 Å². The van der Waals surface area contributed by atoms with Gasteiger partial charge in [-0.25, -0.2) is 13.7 Å². The molecule has 4 heterocycles. The minimum absolute atomic E-state index is 0.0262. The zero-order chi connectivity index (χ0) is 23.9. The van der Waals surface area contributed by atoms with Gasteiger partial charge in [-0.15, -0.1) is 0 Å². The molecule has 34 heavy (non-hydrogen) atoms. The molecule has 2 fully saturated rings. The molecule has 1 aliphatic heterocycles. The molecule has 2 aliphatic rings. The van der Waals surface area contributed by atoms with Crippen LogP contribution in [0.15, 0.2) is 51.4 Å². The Hall–Kier alpha value is -2.17. The zero-order valence-electron chi connectivity index (χ0n) is 19.7. The molecule has 0 aromatic carbocycles. The topological polar surface area (TPSA) is 98.5 Å². The first-order valence-corrected chi connectivity index (χ1v) is 14.0. The molecule has 182 valence electrons. The zero-order valence-corrected chi connectivity index (χ0v) is 21.4. The maximum atomic E-state index is 13.2. The van der Waals surface area contributed by atoms with Crippen molar-refractivity contribution in [3.63, 3.8) is 0 Å². The van der Waals surface area contributed by atoms with Gasteiger partial charge in [0.15, 0.2) is 0 Å². The van der Waals surface area contributed by atoms with Crippen LogP contribution in [0.3, 0.4) is 0 Å². The summed E-state index contributed by atoms with van der Waals surface area (Å²) >= 11 is 1.43. The normalized spacial score (nSPS) is 21.9. The second-order valence-corrected chi connectivity index (χ2v) is 12.3. The Labute approximate surface area is 206 Å². The molecule has 10 heteroatoms. The fraction of sp³-hybridized carbons (Fsp3) is 0.542. The summed E-state index contributed by atoms with van der Waals surface area (Å²) in [7, 11) is 0.558. The fourth-order valence-electron chi connectivity index (χ4n) is 5.85. The number of hydrogen-bond donors (Lipinski definition) is 1. The third kappa shape index (κ3) is 4.43. The summed E-state index contributed by atoms with van der Waals surface area (Å²) < 4.78 is 15.2. The number of piperidine rings is 1. The molecule has 1 spiro atoms. The van der Waals surface area contributed by atoms with Crippen molar-refractivity contribution in [3.8, 4) is 0 Å². The third-order valence-electron chi connectivity index (χ3n) is 7.86. The van der Waals surface area contributed by atoms with Crippen LogP contribution >= 0.6 is 11.8 Å². The van der Waals surface area contributed by atoms with E-state index in [2.05, 4.69) is 10.00 Å². The Morgan fingerprint density at radius 3 is 2.85 bits per heavy atom. The molecule has 0 amide bonds. The maximum absolute atomic E-state index is 13.2. The molecule has 2 N–H and O–H groups in total. The van der Waals surface area contributed by atoms with Crippen LogP contribution in [0.1, 0.15) is 45.4 Å². The van der Waals surface area contributed by atoms with Crippen LogP contribution in [-0.2, 0) is 18.0 Å². The number of nitrogens with two attached hydrogens (primary N) is 1. The lowest BCUT2D eigenvalue weighted by Gasteiger charge is -2.44. The molecule has 3 aromatic rings. The summed E-state index contributed by atoms with van der Waals surface area (Å²) in [5.41, 5.74) is 1.28. The lowest BCUT2D eigenvalue weighted by molar-refractivity contribution is 0.141. The number of pyridine rings is 1. The molecule has 3 atom stereocenters. The standard InChI is InChI=1S/C24H32N6O2S2/c1-17(34(25)32)14-18-4-3-7-24(18)8-12-29(13-9-24)23-26-16-21(22(31)28(23)2)33-20-6-11-30-19(15-20)5-10-27-30/h5-6,10-11,15-18H,3-4,7-9,12-14,25H2,1-2H3/t17?,18-,34?/m1/s1. The maximum Gasteiger partial charge on any atom is 0.268 e. The van der Waals surface area contributed by atoms with Gasteiger partial charge >= 0.3 is 0 Å². The van der Waals surface area contributed by atoms with E-state index < -0.39 is 11.0 Å². The molecule has 3 aromatic heterocycles. The second kappa shape index (κ2) is 9.47. The van der Waals surface area contributed by atoms with Crippen molar-refractivity contribution in [1.82, 2.24) is 19.2 Å². The summed E-state index contributed by atoms with van der Waals surface area (Å²) in [5.74, 6) is 1.32. The first kappa shape index (κ1) is 23.6. The van der Waals surface area contributed by atoms with E-state index >= 15 is 0 Å². The van der Waals surface area contributed by atoms with Crippen LogP contribution in [0.2, 0.25) is 0 Å². The van der Waals surface area contributed by atoms with Crippen molar-refractivity contribution in [2.75, 3.05) is 18.0 Å². The van der Waals surface area contributed by atoms with E-state index in [1.807, 2.05) is 38.4 Å². The van der Waals surface area contributed by atoms with E-state index in [9.17, 15) is 9.00 Å². The smallest absolute Gasteiger partial charge is 0.268 e. The molecule has 1 saturated heterocycles. The predicted molar refractivity (Wildman–Crippen MR) is 136 cm³/mol. The molecule has 0 bridgehead atoms. The van der Waals surface area contributed by atoms with E-state index in [-0.39, 0.29) is 10.8 Å². The molecule has 1 aliphatic carbocycles. The summed E-state index contributed by atoms with van der Waals surface area (Å²) in [6, 6.07) is 5.92. The van der Waals surface area contributed by atoms with E-state index in [0.717, 1.165) is 48.7 Å². The highest BCUT2D eigenvalue weighted by Crippen LogP contribution is 2.52. The van der Waals surface area contributed by atoms with Gasteiger partial charge in [0.05, 0.1) is 27.6 Å². The monoisotopic (exact) mass is 500 g/mol. The molecule has 5 rings (SSSR count). The van der Waals surface area contributed by atoms with E-state index in [0.29, 0.717) is 16.2 Å². The van der Waals surface area contributed by atoms with Crippen LogP contribution in [0, 0.1) is 11.3 Å². The minimum Gasteiger partial charge on any atom is -0.342 e. The Morgan fingerprint density at radius 2 is 2.09 bits per heavy atom.